The molecule has 325 valence electrons. The SMILES string of the molecule is O=C(CCc1ccccc1-c1cc(-c2ccccc2CCC(=O)C2=C(O)CCCC2)cc(-c2ccccc2-c2c[c-]c3c(c2)c2ccccc2c2cccnc32)c1)C1=C(O)CCCC1.[Ir]. The number of Topliss-reactive ketones (excluding diaryl/α,β-unsaturated/α-hetero) is 2. The molecule has 1 aromatic heterocycles. The number of aryl methyl sites for hydroxylation is 2. The first-order valence-electron chi connectivity index (χ1n) is 22.8. The molecule has 0 aliphatic heterocycles. The molecule has 0 unspecified atom stereocenters. The van der Waals surface area contributed by atoms with Gasteiger partial charge in [-0.3, -0.25) is 9.59 Å². The number of hydrogen-bond acceptors (Lipinski definition) is 5. The van der Waals surface area contributed by atoms with Crippen LogP contribution in [0.15, 0.2) is 168 Å². The molecule has 0 atom stereocenters. The summed E-state index contributed by atoms with van der Waals surface area (Å²) in [4.78, 5) is 31.8. The van der Waals surface area contributed by atoms with Crippen LogP contribution in [0.2, 0.25) is 0 Å². The van der Waals surface area contributed by atoms with Crippen molar-refractivity contribution in [3.8, 4) is 44.5 Å². The second-order valence-corrected chi connectivity index (χ2v) is 17.4. The second kappa shape index (κ2) is 19.3. The quantitative estimate of drug-likeness (QED) is 0.0940. The second-order valence-electron chi connectivity index (χ2n) is 17.4. The minimum atomic E-state index is 0. The summed E-state index contributed by atoms with van der Waals surface area (Å²) in [5.74, 6) is 0.575. The van der Waals surface area contributed by atoms with Gasteiger partial charge in [0.25, 0.3) is 0 Å². The van der Waals surface area contributed by atoms with E-state index in [-0.39, 0.29) is 43.2 Å². The van der Waals surface area contributed by atoms with E-state index in [2.05, 4.69) is 127 Å². The van der Waals surface area contributed by atoms with Gasteiger partial charge in [-0.2, -0.15) is 0 Å². The van der Waals surface area contributed by atoms with Crippen LogP contribution in [-0.4, -0.2) is 26.8 Å². The van der Waals surface area contributed by atoms with Crippen molar-refractivity contribution in [3.05, 3.63) is 186 Å². The molecule has 0 bridgehead atoms. The van der Waals surface area contributed by atoms with E-state index in [1.165, 1.54) is 0 Å². The van der Waals surface area contributed by atoms with Gasteiger partial charge in [0.05, 0.1) is 11.5 Å². The maximum atomic E-state index is 13.5. The van der Waals surface area contributed by atoms with Gasteiger partial charge >= 0.3 is 0 Å². The third-order valence-electron chi connectivity index (χ3n) is 13.4. The fourth-order valence-corrected chi connectivity index (χ4v) is 10.1. The molecule has 0 amide bonds. The molecule has 2 aliphatic carbocycles. The smallest absolute Gasteiger partial charge is 0.162 e. The molecule has 8 aromatic rings. The van der Waals surface area contributed by atoms with Crippen molar-refractivity contribution < 1.29 is 39.9 Å². The third-order valence-corrected chi connectivity index (χ3v) is 13.4. The van der Waals surface area contributed by atoms with E-state index in [9.17, 15) is 19.8 Å². The average molecular weight is 1030 g/mol. The van der Waals surface area contributed by atoms with Crippen molar-refractivity contribution in [3.63, 3.8) is 0 Å². The zero-order chi connectivity index (χ0) is 43.6. The van der Waals surface area contributed by atoms with E-state index in [1.54, 1.807) is 0 Å². The number of fused-ring (bicyclic) bond motifs is 6. The van der Waals surface area contributed by atoms with Crippen LogP contribution in [-0.2, 0) is 42.5 Å². The number of carbonyl (C=O) groups excluding carboxylic acids is 2. The molecule has 2 N–H and O–H groups in total. The molecule has 0 saturated heterocycles. The predicted molar refractivity (Wildman–Crippen MR) is 260 cm³/mol. The fraction of sp³-hybridized carbons (Fsp3) is 0.203. The molecule has 65 heavy (non-hydrogen) atoms. The number of nitrogens with zero attached hydrogens (tertiary/aromatic N) is 1. The molecular formula is C59H50IrNO4-. The van der Waals surface area contributed by atoms with Gasteiger partial charge in [-0.15, -0.1) is 23.6 Å². The standard InChI is InChI=1S/C59H50NO4.Ir/c61-55-25-11-9-22-52(55)57(63)31-28-38-14-1-3-16-44(38)41-34-42(45-17-4-2-15-39(45)29-32-58(64)53-23-10-12-26-56(53)62)36-43(35-41)47-19-6-5-18-46(47)40-27-30-51-54(37-40)49-21-8-7-20-48(49)50-24-13-33-60-59(50)51;/h1-8,13-21,24,27,33-37,61-62H,9-12,22-23,25-26,28-29,31-32H2;/q-1;. The first-order chi connectivity index (χ1) is 31.4. The summed E-state index contributed by atoms with van der Waals surface area (Å²) in [7, 11) is 0. The molecule has 10 rings (SSSR count). The van der Waals surface area contributed by atoms with Gasteiger partial charge < -0.3 is 15.2 Å². The fourth-order valence-electron chi connectivity index (χ4n) is 10.1. The number of allylic oxidation sites excluding steroid dienone is 4. The number of rotatable bonds is 12. The number of hydrogen-bond donors (Lipinski definition) is 2. The zero-order valence-corrected chi connectivity index (χ0v) is 38.7. The van der Waals surface area contributed by atoms with E-state index < -0.39 is 0 Å². The van der Waals surface area contributed by atoms with Crippen LogP contribution in [0.3, 0.4) is 0 Å². The van der Waals surface area contributed by atoms with Crippen molar-refractivity contribution in [2.45, 2.75) is 77.0 Å². The maximum Gasteiger partial charge on any atom is 0.162 e. The van der Waals surface area contributed by atoms with Crippen LogP contribution >= 0.6 is 0 Å². The summed E-state index contributed by atoms with van der Waals surface area (Å²) >= 11 is 0. The van der Waals surface area contributed by atoms with Crippen molar-refractivity contribution in [2.75, 3.05) is 0 Å². The largest absolute Gasteiger partial charge is 0.512 e. The van der Waals surface area contributed by atoms with Crippen LogP contribution in [0.1, 0.15) is 75.3 Å². The molecule has 6 heteroatoms. The summed E-state index contributed by atoms with van der Waals surface area (Å²) in [5.41, 5.74) is 12.7. The first-order valence-corrected chi connectivity index (χ1v) is 22.8. The normalized spacial score (nSPS) is 14.2. The summed E-state index contributed by atoms with van der Waals surface area (Å²) < 4.78 is 0. The molecule has 5 nitrogen and oxygen atoms in total. The maximum absolute atomic E-state index is 13.5. The van der Waals surface area contributed by atoms with Crippen molar-refractivity contribution in [1.82, 2.24) is 4.98 Å². The van der Waals surface area contributed by atoms with Gasteiger partial charge in [0, 0.05) is 63.1 Å². The zero-order valence-electron chi connectivity index (χ0n) is 36.3. The summed E-state index contributed by atoms with van der Waals surface area (Å²) in [5, 5.41) is 26.7. The van der Waals surface area contributed by atoms with Crippen molar-refractivity contribution >= 4 is 44.0 Å². The first kappa shape index (κ1) is 43.8. The molecule has 0 spiro atoms. The minimum absolute atomic E-state index is 0. The molecular weight excluding hydrogens is 979 g/mol. The molecule has 1 heterocycles. The van der Waals surface area contributed by atoms with Crippen molar-refractivity contribution in [2.24, 2.45) is 0 Å². The number of aliphatic hydroxyl groups is 2. The minimum Gasteiger partial charge on any atom is -0.512 e. The van der Waals surface area contributed by atoms with E-state index in [0.717, 1.165) is 114 Å². The third kappa shape index (κ3) is 8.86. The molecule has 0 fully saturated rings. The van der Waals surface area contributed by atoms with Crippen molar-refractivity contribution in [1.29, 1.82) is 0 Å². The number of pyridine rings is 1. The number of carbonyl (C=O) groups is 2. The number of ketones is 2. The van der Waals surface area contributed by atoms with Crippen LogP contribution in [0, 0.1) is 6.07 Å². The number of aromatic nitrogens is 1. The van der Waals surface area contributed by atoms with E-state index in [0.29, 0.717) is 62.5 Å². The Morgan fingerprint density at radius 3 is 1.49 bits per heavy atom. The summed E-state index contributed by atoms with van der Waals surface area (Å²) in [6, 6.07) is 52.7. The molecule has 2 aliphatic rings. The van der Waals surface area contributed by atoms with Crippen LogP contribution < -0.4 is 0 Å². The number of aliphatic hydroxyl groups excluding tert-OH is 2. The Kier molecular flexibility index (Phi) is 13.0. The number of benzene rings is 7. The molecule has 7 aromatic carbocycles. The topological polar surface area (TPSA) is 87.5 Å². The van der Waals surface area contributed by atoms with E-state index >= 15 is 0 Å². The van der Waals surface area contributed by atoms with E-state index in [1.807, 2.05) is 24.4 Å². The predicted octanol–water partition coefficient (Wildman–Crippen LogP) is 14.8. The van der Waals surface area contributed by atoms with Gasteiger partial charge in [-0.05, 0) is 136 Å². The Labute approximate surface area is 393 Å². The summed E-state index contributed by atoms with van der Waals surface area (Å²) in [6.07, 6.45) is 9.72. The Balaban J connectivity index is 0.00000533. The Hall–Kier alpha value is -6.46. The monoisotopic (exact) mass is 1030 g/mol. The van der Waals surface area contributed by atoms with Gasteiger partial charge in [0.2, 0.25) is 0 Å². The van der Waals surface area contributed by atoms with Crippen LogP contribution in [0.4, 0.5) is 0 Å². The summed E-state index contributed by atoms with van der Waals surface area (Å²) in [6.45, 7) is 0. The van der Waals surface area contributed by atoms with Gasteiger partial charge in [-0.25, -0.2) is 0 Å². The van der Waals surface area contributed by atoms with E-state index in [4.69, 9.17) is 4.98 Å². The molecule has 1 radical (unpaired) electrons. The Morgan fingerprint density at radius 1 is 0.492 bits per heavy atom. The Morgan fingerprint density at radius 2 is 0.938 bits per heavy atom. The van der Waals surface area contributed by atoms with Crippen LogP contribution in [0.5, 0.6) is 0 Å². The average Bonchev–Trinajstić information content (AvgIpc) is 3.35. The molecule has 0 saturated carbocycles. The van der Waals surface area contributed by atoms with Crippen LogP contribution in [0.25, 0.3) is 77.0 Å². The van der Waals surface area contributed by atoms with Gasteiger partial charge in [0.1, 0.15) is 0 Å². The van der Waals surface area contributed by atoms with Gasteiger partial charge in [0.15, 0.2) is 11.6 Å². The van der Waals surface area contributed by atoms with Gasteiger partial charge in [-0.1, -0.05) is 125 Å². The Bertz CT molecular complexity index is 3050.